The van der Waals surface area contributed by atoms with Crippen LogP contribution in [0.15, 0.2) is 24.3 Å². The summed E-state index contributed by atoms with van der Waals surface area (Å²) in [5, 5.41) is 0.623. The summed E-state index contributed by atoms with van der Waals surface area (Å²) in [6.07, 6.45) is -1.03. The molecule has 1 aliphatic rings. The summed E-state index contributed by atoms with van der Waals surface area (Å²) in [5.41, 5.74) is 6.22. The number of hydrogen-bond donors (Lipinski definition) is 1. The van der Waals surface area contributed by atoms with Gasteiger partial charge in [-0.15, -0.1) is 0 Å². The summed E-state index contributed by atoms with van der Waals surface area (Å²) in [5.74, 6) is -0.333. The average molecular weight is 269 g/mol. The van der Waals surface area contributed by atoms with Gasteiger partial charge in [-0.3, -0.25) is 4.79 Å². The quantitative estimate of drug-likeness (QED) is 0.890. The van der Waals surface area contributed by atoms with E-state index in [1.165, 1.54) is 0 Å². The van der Waals surface area contributed by atoms with Crippen molar-refractivity contribution in [1.29, 1.82) is 0 Å². The third-order valence-electron chi connectivity index (χ3n) is 2.69. The number of hydrogen-bond acceptors (Lipinski definition) is 4. The molecule has 96 valence electrons. The van der Waals surface area contributed by atoms with E-state index in [9.17, 15) is 9.59 Å². The molecule has 1 atom stereocenters. The largest absolute Gasteiger partial charge is 0.435 e. The van der Waals surface area contributed by atoms with Crippen molar-refractivity contribution in [2.24, 2.45) is 5.73 Å². The predicted octanol–water partition coefficient (Wildman–Crippen LogP) is 1.19. The van der Waals surface area contributed by atoms with Crippen LogP contribution in [0.2, 0.25) is 5.02 Å². The van der Waals surface area contributed by atoms with Crippen LogP contribution in [-0.2, 0) is 16.0 Å². The lowest BCUT2D eigenvalue weighted by atomic mass is 10.1. The van der Waals surface area contributed by atoms with Crippen LogP contribution in [0.3, 0.4) is 0 Å². The first-order chi connectivity index (χ1) is 8.61. The summed E-state index contributed by atoms with van der Waals surface area (Å²) in [6, 6.07) is 7.07. The zero-order valence-corrected chi connectivity index (χ0v) is 10.4. The first kappa shape index (κ1) is 12.9. The van der Waals surface area contributed by atoms with Crippen molar-refractivity contribution in [2.75, 3.05) is 13.1 Å². The van der Waals surface area contributed by atoms with Crippen LogP contribution in [0.1, 0.15) is 5.56 Å². The SMILES string of the molecule is NCCN1C(=O)O[C@@H](Cc2ccc(Cl)cc2)C1=O. The van der Waals surface area contributed by atoms with E-state index < -0.39 is 12.2 Å². The number of carbonyl (C=O) groups is 2. The second kappa shape index (κ2) is 5.37. The summed E-state index contributed by atoms with van der Waals surface area (Å²) in [7, 11) is 0. The topological polar surface area (TPSA) is 72.6 Å². The molecule has 0 unspecified atom stereocenters. The first-order valence-corrected chi connectivity index (χ1v) is 5.96. The smallest absolute Gasteiger partial charge is 0.417 e. The monoisotopic (exact) mass is 268 g/mol. The van der Waals surface area contributed by atoms with Crippen LogP contribution in [0.5, 0.6) is 0 Å². The number of imide groups is 1. The van der Waals surface area contributed by atoms with Crippen LogP contribution in [0.4, 0.5) is 4.79 Å². The average Bonchev–Trinajstić information content (AvgIpc) is 2.60. The van der Waals surface area contributed by atoms with E-state index in [1.807, 2.05) is 0 Å². The molecular formula is C12H13ClN2O3. The van der Waals surface area contributed by atoms with Crippen molar-refractivity contribution < 1.29 is 14.3 Å². The van der Waals surface area contributed by atoms with E-state index in [-0.39, 0.29) is 19.0 Å². The molecule has 2 amide bonds. The van der Waals surface area contributed by atoms with Gasteiger partial charge in [0.1, 0.15) is 0 Å². The Balaban J connectivity index is 2.05. The Morgan fingerprint density at radius 1 is 1.28 bits per heavy atom. The van der Waals surface area contributed by atoms with E-state index in [2.05, 4.69) is 0 Å². The number of cyclic esters (lactones) is 1. The molecule has 0 bridgehead atoms. The van der Waals surface area contributed by atoms with Crippen molar-refractivity contribution in [3.05, 3.63) is 34.9 Å². The highest BCUT2D eigenvalue weighted by molar-refractivity contribution is 6.30. The predicted molar refractivity (Wildman–Crippen MR) is 66.2 cm³/mol. The standard InChI is InChI=1S/C12H13ClN2O3/c13-9-3-1-8(2-4-9)7-10-11(16)15(6-5-14)12(17)18-10/h1-4,10H,5-7,14H2/t10-/m0/s1. The van der Waals surface area contributed by atoms with Crippen molar-refractivity contribution >= 4 is 23.6 Å². The van der Waals surface area contributed by atoms with E-state index in [1.54, 1.807) is 24.3 Å². The van der Waals surface area contributed by atoms with Crippen molar-refractivity contribution in [3.63, 3.8) is 0 Å². The Bertz CT molecular complexity index is 461. The van der Waals surface area contributed by atoms with E-state index in [0.29, 0.717) is 11.4 Å². The molecule has 1 aromatic carbocycles. The maximum Gasteiger partial charge on any atom is 0.417 e. The molecule has 1 aromatic rings. The fraction of sp³-hybridized carbons (Fsp3) is 0.333. The number of ether oxygens (including phenoxy) is 1. The number of nitrogens with zero attached hydrogens (tertiary/aromatic N) is 1. The molecule has 2 rings (SSSR count). The second-order valence-electron chi connectivity index (χ2n) is 3.98. The molecule has 0 aromatic heterocycles. The minimum absolute atomic E-state index is 0.189. The van der Waals surface area contributed by atoms with Gasteiger partial charge in [-0.05, 0) is 17.7 Å². The van der Waals surface area contributed by atoms with Gasteiger partial charge in [0.15, 0.2) is 6.10 Å². The molecule has 1 saturated heterocycles. The lowest BCUT2D eigenvalue weighted by Gasteiger charge is -2.09. The third kappa shape index (κ3) is 2.63. The highest BCUT2D eigenvalue weighted by Gasteiger charge is 2.39. The van der Waals surface area contributed by atoms with Gasteiger partial charge in [-0.25, -0.2) is 9.69 Å². The van der Waals surface area contributed by atoms with Gasteiger partial charge < -0.3 is 10.5 Å². The summed E-state index contributed by atoms with van der Waals surface area (Å²) >= 11 is 5.77. The number of rotatable bonds is 4. The first-order valence-electron chi connectivity index (χ1n) is 5.58. The van der Waals surface area contributed by atoms with Gasteiger partial charge in [0.05, 0.1) is 0 Å². The Kier molecular flexibility index (Phi) is 3.84. The van der Waals surface area contributed by atoms with E-state index in [4.69, 9.17) is 22.1 Å². The molecule has 2 N–H and O–H groups in total. The lowest BCUT2D eigenvalue weighted by Crippen LogP contribution is -2.36. The highest BCUT2D eigenvalue weighted by atomic mass is 35.5. The molecule has 1 heterocycles. The molecule has 0 radical (unpaired) electrons. The van der Waals surface area contributed by atoms with E-state index >= 15 is 0 Å². The van der Waals surface area contributed by atoms with Gasteiger partial charge in [0.2, 0.25) is 0 Å². The zero-order chi connectivity index (χ0) is 13.1. The normalized spacial score (nSPS) is 19.2. The minimum atomic E-state index is -0.759. The molecule has 0 spiro atoms. The van der Waals surface area contributed by atoms with Crippen LogP contribution >= 0.6 is 11.6 Å². The maximum absolute atomic E-state index is 11.9. The van der Waals surface area contributed by atoms with Crippen molar-refractivity contribution in [3.8, 4) is 0 Å². The minimum Gasteiger partial charge on any atom is -0.435 e. The van der Waals surface area contributed by atoms with Crippen molar-refractivity contribution in [1.82, 2.24) is 4.90 Å². The number of benzene rings is 1. The molecular weight excluding hydrogens is 256 g/mol. The van der Waals surface area contributed by atoms with Crippen LogP contribution < -0.4 is 5.73 Å². The lowest BCUT2D eigenvalue weighted by molar-refractivity contribution is -0.129. The molecule has 0 saturated carbocycles. The highest BCUT2D eigenvalue weighted by Crippen LogP contribution is 2.18. The van der Waals surface area contributed by atoms with Crippen LogP contribution in [0, 0.1) is 0 Å². The van der Waals surface area contributed by atoms with Gasteiger partial charge in [0, 0.05) is 24.5 Å². The number of halogens is 1. The van der Waals surface area contributed by atoms with Gasteiger partial charge in [-0.1, -0.05) is 23.7 Å². The number of nitrogens with two attached hydrogens (primary N) is 1. The molecule has 5 nitrogen and oxygen atoms in total. The fourth-order valence-corrected chi connectivity index (χ4v) is 1.92. The van der Waals surface area contributed by atoms with E-state index in [0.717, 1.165) is 10.5 Å². The summed E-state index contributed by atoms with van der Waals surface area (Å²) < 4.78 is 5.02. The Hall–Kier alpha value is -1.59. The molecule has 18 heavy (non-hydrogen) atoms. The van der Waals surface area contributed by atoms with Crippen LogP contribution in [-0.4, -0.2) is 36.1 Å². The molecule has 6 heteroatoms. The van der Waals surface area contributed by atoms with Gasteiger partial charge in [-0.2, -0.15) is 0 Å². The molecule has 1 fully saturated rings. The Morgan fingerprint density at radius 2 is 1.94 bits per heavy atom. The Morgan fingerprint density at radius 3 is 2.56 bits per heavy atom. The third-order valence-corrected chi connectivity index (χ3v) is 2.94. The number of carbonyl (C=O) groups excluding carboxylic acids is 2. The second-order valence-corrected chi connectivity index (χ2v) is 4.42. The van der Waals surface area contributed by atoms with Gasteiger partial charge in [0.25, 0.3) is 5.91 Å². The summed E-state index contributed by atoms with van der Waals surface area (Å²) in [6.45, 7) is 0.420. The Labute approximate surface area is 109 Å². The molecule has 0 aliphatic carbocycles. The van der Waals surface area contributed by atoms with Crippen molar-refractivity contribution in [2.45, 2.75) is 12.5 Å². The maximum atomic E-state index is 11.9. The van der Waals surface area contributed by atoms with Crippen LogP contribution in [0.25, 0.3) is 0 Å². The number of amides is 2. The molecule has 1 aliphatic heterocycles. The van der Waals surface area contributed by atoms with Gasteiger partial charge >= 0.3 is 6.09 Å². The fourth-order valence-electron chi connectivity index (χ4n) is 1.79. The zero-order valence-electron chi connectivity index (χ0n) is 9.64. The summed E-state index contributed by atoms with van der Waals surface area (Å²) in [4.78, 5) is 24.4.